The zero-order valence-electron chi connectivity index (χ0n) is 11.1. The Morgan fingerprint density at radius 3 is 2.06 bits per heavy atom. The number of carbonyl (C=O) groups is 1. The summed E-state index contributed by atoms with van der Waals surface area (Å²) in [6.45, 7) is 10.6. The Morgan fingerprint density at radius 2 is 1.69 bits per heavy atom. The van der Waals surface area contributed by atoms with E-state index in [1.165, 1.54) is 26.4 Å². The number of ether oxygens (including phenoxy) is 1. The molecule has 1 aliphatic rings. The van der Waals surface area contributed by atoms with E-state index in [9.17, 15) is 4.79 Å². The summed E-state index contributed by atoms with van der Waals surface area (Å²) in [6, 6.07) is 0. The van der Waals surface area contributed by atoms with E-state index in [2.05, 4.69) is 27.4 Å². The van der Waals surface area contributed by atoms with Crippen LogP contribution in [0.15, 0.2) is 12.2 Å². The van der Waals surface area contributed by atoms with Gasteiger partial charge in [-0.3, -0.25) is 0 Å². The lowest BCUT2D eigenvalue weighted by Crippen LogP contribution is -2.41. The Morgan fingerprint density at radius 1 is 1.19 bits per heavy atom. The van der Waals surface area contributed by atoms with Crippen molar-refractivity contribution in [2.24, 2.45) is 10.8 Å². The van der Waals surface area contributed by atoms with E-state index in [1.54, 1.807) is 0 Å². The highest BCUT2D eigenvalue weighted by atomic mass is 16.5. The van der Waals surface area contributed by atoms with Gasteiger partial charge in [0.25, 0.3) is 0 Å². The molecule has 0 saturated heterocycles. The van der Waals surface area contributed by atoms with Crippen molar-refractivity contribution in [1.82, 2.24) is 0 Å². The van der Waals surface area contributed by atoms with Crippen LogP contribution < -0.4 is 0 Å². The normalized spacial score (nSPS) is 20.2. The van der Waals surface area contributed by atoms with E-state index < -0.39 is 0 Å². The first-order valence-corrected chi connectivity index (χ1v) is 6.13. The van der Waals surface area contributed by atoms with Gasteiger partial charge in [-0.2, -0.15) is 0 Å². The van der Waals surface area contributed by atoms with Crippen molar-refractivity contribution in [3.63, 3.8) is 0 Å². The standard InChI is InChI=1S/C14H24O2/c1-11(12(15)16-5)14(13(2,3)4)9-7-6-8-10-14/h1,6-10H2,2-5H3. The largest absolute Gasteiger partial charge is 0.466 e. The van der Waals surface area contributed by atoms with Crippen molar-refractivity contribution >= 4 is 5.97 Å². The third-order valence-electron chi connectivity index (χ3n) is 4.15. The maximum absolute atomic E-state index is 11.7. The molecule has 0 aromatic heterocycles. The molecule has 2 nitrogen and oxygen atoms in total. The molecule has 0 N–H and O–H groups in total. The maximum atomic E-state index is 11.7. The molecule has 0 unspecified atom stereocenters. The van der Waals surface area contributed by atoms with Crippen molar-refractivity contribution in [3.05, 3.63) is 12.2 Å². The van der Waals surface area contributed by atoms with Crippen LogP contribution in [0.3, 0.4) is 0 Å². The van der Waals surface area contributed by atoms with Crippen LogP contribution in [0.5, 0.6) is 0 Å². The molecule has 0 radical (unpaired) electrons. The molecular weight excluding hydrogens is 200 g/mol. The molecule has 0 aromatic rings. The smallest absolute Gasteiger partial charge is 0.333 e. The summed E-state index contributed by atoms with van der Waals surface area (Å²) in [6.07, 6.45) is 5.77. The van der Waals surface area contributed by atoms with Gasteiger partial charge in [0.1, 0.15) is 0 Å². The number of hydrogen-bond donors (Lipinski definition) is 0. The molecule has 16 heavy (non-hydrogen) atoms. The predicted molar refractivity (Wildman–Crippen MR) is 66.1 cm³/mol. The summed E-state index contributed by atoms with van der Waals surface area (Å²) in [5.74, 6) is -0.239. The lowest BCUT2D eigenvalue weighted by molar-refractivity contribution is -0.139. The van der Waals surface area contributed by atoms with E-state index >= 15 is 0 Å². The highest BCUT2D eigenvalue weighted by molar-refractivity contribution is 5.89. The average Bonchev–Trinajstić information content (AvgIpc) is 2.26. The lowest BCUT2D eigenvalue weighted by atomic mass is 9.56. The molecule has 2 heteroatoms. The molecule has 0 spiro atoms. The van der Waals surface area contributed by atoms with Gasteiger partial charge in [0.15, 0.2) is 0 Å². The predicted octanol–water partition coefficient (Wildman–Crippen LogP) is 3.71. The summed E-state index contributed by atoms with van der Waals surface area (Å²) in [7, 11) is 1.44. The van der Waals surface area contributed by atoms with Gasteiger partial charge in [-0.05, 0) is 18.3 Å². The Balaban J connectivity index is 3.04. The fourth-order valence-corrected chi connectivity index (χ4v) is 2.98. The van der Waals surface area contributed by atoms with Crippen molar-refractivity contribution in [2.45, 2.75) is 52.9 Å². The number of carbonyl (C=O) groups excluding carboxylic acids is 1. The van der Waals surface area contributed by atoms with Crippen LogP contribution in [0.2, 0.25) is 0 Å². The molecular formula is C14H24O2. The fraction of sp³-hybridized carbons (Fsp3) is 0.786. The van der Waals surface area contributed by atoms with E-state index in [1.807, 2.05) is 0 Å². The molecule has 0 heterocycles. The van der Waals surface area contributed by atoms with Crippen LogP contribution in [-0.2, 0) is 9.53 Å². The lowest BCUT2D eigenvalue weighted by Gasteiger charge is -2.48. The minimum atomic E-state index is -0.239. The minimum Gasteiger partial charge on any atom is -0.466 e. The Bertz CT molecular complexity index is 278. The minimum absolute atomic E-state index is 0.0681. The second kappa shape index (κ2) is 4.60. The van der Waals surface area contributed by atoms with E-state index in [4.69, 9.17) is 4.74 Å². The van der Waals surface area contributed by atoms with Crippen molar-refractivity contribution in [3.8, 4) is 0 Å². The molecule has 1 saturated carbocycles. The number of hydrogen-bond acceptors (Lipinski definition) is 2. The van der Waals surface area contributed by atoms with E-state index in [-0.39, 0.29) is 16.8 Å². The highest BCUT2D eigenvalue weighted by Gasteiger charge is 2.47. The molecule has 0 aromatic carbocycles. The van der Waals surface area contributed by atoms with Gasteiger partial charge in [-0.15, -0.1) is 0 Å². The summed E-state index contributed by atoms with van der Waals surface area (Å²) in [5.41, 5.74) is 0.666. The first-order valence-electron chi connectivity index (χ1n) is 6.13. The van der Waals surface area contributed by atoms with Gasteiger partial charge < -0.3 is 4.74 Å². The summed E-state index contributed by atoms with van der Waals surface area (Å²) >= 11 is 0. The Kier molecular flexibility index (Phi) is 3.82. The topological polar surface area (TPSA) is 26.3 Å². The maximum Gasteiger partial charge on any atom is 0.333 e. The second-order valence-electron chi connectivity index (χ2n) is 5.86. The first kappa shape index (κ1) is 13.3. The average molecular weight is 224 g/mol. The van der Waals surface area contributed by atoms with Gasteiger partial charge in [0, 0.05) is 11.0 Å². The van der Waals surface area contributed by atoms with Gasteiger partial charge in [-0.1, -0.05) is 46.6 Å². The third-order valence-corrected chi connectivity index (χ3v) is 4.15. The zero-order chi connectivity index (χ0) is 12.4. The summed E-state index contributed by atoms with van der Waals surface area (Å²) < 4.78 is 4.85. The SMILES string of the molecule is C=C(C(=O)OC)C1(C(C)(C)C)CCCCC1. The molecule has 1 fully saturated rings. The Labute approximate surface area is 99.1 Å². The van der Waals surface area contributed by atoms with Crippen molar-refractivity contribution in [2.75, 3.05) is 7.11 Å². The fourth-order valence-electron chi connectivity index (χ4n) is 2.98. The van der Waals surface area contributed by atoms with Gasteiger partial charge in [0.05, 0.1) is 7.11 Å². The van der Waals surface area contributed by atoms with Crippen LogP contribution >= 0.6 is 0 Å². The summed E-state index contributed by atoms with van der Waals surface area (Å²) in [4.78, 5) is 11.7. The molecule has 0 bridgehead atoms. The molecule has 0 amide bonds. The molecule has 92 valence electrons. The molecule has 0 atom stereocenters. The molecule has 1 rings (SSSR count). The van der Waals surface area contributed by atoms with Gasteiger partial charge >= 0.3 is 5.97 Å². The second-order valence-corrected chi connectivity index (χ2v) is 5.86. The number of methoxy groups -OCH3 is 1. The van der Waals surface area contributed by atoms with Crippen molar-refractivity contribution in [1.29, 1.82) is 0 Å². The monoisotopic (exact) mass is 224 g/mol. The quantitative estimate of drug-likeness (QED) is 0.528. The van der Waals surface area contributed by atoms with Crippen molar-refractivity contribution < 1.29 is 9.53 Å². The van der Waals surface area contributed by atoms with Crippen LogP contribution in [-0.4, -0.2) is 13.1 Å². The summed E-state index contributed by atoms with van der Waals surface area (Å²) in [5, 5.41) is 0. The van der Waals surface area contributed by atoms with E-state index in [0.717, 1.165) is 12.8 Å². The highest BCUT2D eigenvalue weighted by Crippen LogP contribution is 2.54. The van der Waals surface area contributed by atoms with Gasteiger partial charge in [-0.25, -0.2) is 4.79 Å². The molecule has 1 aliphatic carbocycles. The third kappa shape index (κ3) is 2.16. The van der Waals surface area contributed by atoms with Crippen LogP contribution in [0, 0.1) is 10.8 Å². The number of esters is 1. The number of rotatable bonds is 2. The first-order chi connectivity index (χ1) is 7.35. The molecule has 0 aliphatic heterocycles. The Hall–Kier alpha value is -0.790. The zero-order valence-corrected chi connectivity index (χ0v) is 11.1. The van der Waals surface area contributed by atoms with Gasteiger partial charge in [0.2, 0.25) is 0 Å². The van der Waals surface area contributed by atoms with Crippen LogP contribution in [0.1, 0.15) is 52.9 Å². The van der Waals surface area contributed by atoms with E-state index in [0.29, 0.717) is 5.57 Å². The van der Waals surface area contributed by atoms with Crippen LogP contribution in [0.4, 0.5) is 0 Å². The van der Waals surface area contributed by atoms with Crippen LogP contribution in [0.25, 0.3) is 0 Å².